The van der Waals surface area contributed by atoms with Gasteiger partial charge >= 0.3 is 0 Å². The molecule has 4 rings (SSSR count). The number of amides is 1. The Kier molecular flexibility index (Phi) is 3.33. The van der Waals surface area contributed by atoms with Crippen LogP contribution < -0.4 is 9.80 Å². The molecule has 1 amide bonds. The van der Waals surface area contributed by atoms with Crippen molar-refractivity contribution < 1.29 is 4.79 Å². The second-order valence-electron chi connectivity index (χ2n) is 5.95. The van der Waals surface area contributed by atoms with E-state index >= 15 is 0 Å². The molecular formula is C18H18N4O. The number of carbonyl (C=O) groups excluding carboxylic acids is 1. The summed E-state index contributed by atoms with van der Waals surface area (Å²) in [7, 11) is 1.80. The highest BCUT2D eigenvalue weighted by Crippen LogP contribution is 2.36. The van der Waals surface area contributed by atoms with Gasteiger partial charge < -0.3 is 9.80 Å². The summed E-state index contributed by atoms with van der Waals surface area (Å²) in [6.07, 6.45) is 7.86. The minimum atomic E-state index is 0.00909. The third-order valence-corrected chi connectivity index (χ3v) is 4.45. The lowest BCUT2D eigenvalue weighted by molar-refractivity contribution is -0.112. The summed E-state index contributed by atoms with van der Waals surface area (Å²) < 4.78 is 0. The molecule has 0 spiro atoms. The van der Waals surface area contributed by atoms with Crippen molar-refractivity contribution in [3.8, 4) is 0 Å². The standard InChI is InChI=1S/C18H18N4O/c1-21-16-7-3-2-6-14(16)15(17(21)23)10-13-11-19-18(20-12-13)22-8-4-5-9-22/h2-3,6-7,10-12H,4-5,8-9H2,1H3/b15-10-. The molecule has 2 aliphatic rings. The predicted octanol–water partition coefficient (Wildman–Crippen LogP) is 2.59. The summed E-state index contributed by atoms with van der Waals surface area (Å²) >= 11 is 0. The molecule has 1 fully saturated rings. The Morgan fingerprint density at radius 1 is 1.09 bits per heavy atom. The Morgan fingerprint density at radius 3 is 2.52 bits per heavy atom. The minimum Gasteiger partial charge on any atom is -0.341 e. The molecule has 1 aromatic heterocycles. The van der Waals surface area contributed by atoms with Crippen molar-refractivity contribution in [1.29, 1.82) is 0 Å². The number of carbonyl (C=O) groups is 1. The highest BCUT2D eigenvalue weighted by atomic mass is 16.2. The van der Waals surface area contributed by atoms with Gasteiger partial charge in [0.15, 0.2) is 0 Å². The molecule has 0 radical (unpaired) electrons. The van der Waals surface area contributed by atoms with Gasteiger partial charge in [-0.3, -0.25) is 4.79 Å². The fraction of sp³-hybridized carbons (Fsp3) is 0.278. The van der Waals surface area contributed by atoms with Gasteiger partial charge in [0, 0.05) is 49.2 Å². The Labute approximate surface area is 135 Å². The predicted molar refractivity (Wildman–Crippen MR) is 91.2 cm³/mol. The van der Waals surface area contributed by atoms with E-state index in [1.54, 1.807) is 24.3 Å². The maximum absolute atomic E-state index is 12.5. The summed E-state index contributed by atoms with van der Waals surface area (Å²) in [5.41, 5.74) is 3.45. The zero-order chi connectivity index (χ0) is 15.8. The van der Waals surface area contributed by atoms with Crippen LogP contribution in [0.4, 0.5) is 11.6 Å². The van der Waals surface area contributed by atoms with Crippen LogP contribution in [0.25, 0.3) is 11.6 Å². The molecule has 0 N–H and O–H groups in total. The zero-order valence-corrected chi connectivity index (χ0v) is 13.1. The molecule has 0 atom stereocenters. The van der Waals surface area contributed by atoms with Gasteiger partial charge in [-0.05, 0) is 25.0 Å². The molecule has 116 valence electrons. The second kappa shape index (κ2) is 5.50. The number of benzene rings is 1. The summed E-state index contributed by atoms with van der Waals surface area (Å²) in [6, 6.07) is 7.83. The van der Waals surface area contributed by atoms with Crippen LogP contribution in [-0.4, -0.2) is 36.0 Å². The summed E-state index contributed by atoms with van der Waals surface area (Å²) in [6.45, 7) is 2.05. The van der Waals surface area contributed by atoms with Crippen LogP contribution in [0, 0.1) is 0 Å². The van der Waals surface area contributed by atoms with Gasteiger partial charge in [-0.15, -0.1) is 0 Å². The zero-order valence-electron chi connectivity index (χ0n) is 13.1. The van der Waals surface area contributed by atoms with E-state index in [1.807, 2.05) is 30.3 Å². The Hall–Kier alpha value is -2.69. The van der Waals surface area contributed by atoms with E-state index in [0.717, 1.165) is 35.9 Å². The molecule has 2 aliphatic heterocycles. The van der Waals surface area contributed by atoms with Crippen molar-refractivity contribution in [1.82, 2.24) is 9.97 Å². The number of nitrogens with zero attached hydrogens (tertiary/aromatic N) is 4. The van der Waals surface area contributed by atoms with E-state index in [4.69, 9.17) is 0 Å². The van der Waals surface area contributed by atoms with Gasteiger partial charge in [-0.25, -0.2) is 9.97 Å². The van der Waals surface area contributed by atoms with Crippen molar-refractivity contribution in [3.63, 3.8) is 0 Å². The lowest BCUT2D eigenvalue weighted by atomic mass is 10.1. The van der Waals surface area contributed by atoms with Crippen molar-refractivity contribution in [3.05, 3.63) is 47.8 Å². The van der Waals surface area contributed by atoms with Crippen LogP contribution in [-0.2, 0) is 4.79 Å². The first kappa shape index (κ1) is 13.9. The smallest absolute Gasteiger partial charge is 0.258 e. The molecular weight excluding hydrogens is 288 g/mol. The Bertz CT molecular complexity index is 776. The van der Waals surface area contributed by atoms with Crippen molar-refractivity contribution in [2.45, 2.75) is 12.8 Å². The Balaban J connectivity index is 1.66. The molecule has 23 heavy (non-hydrogen) atoms. The van der Waals surface area contributed by atoms with Gasteiger partial charge in [0.25, 0.3) is 5.91 Å². The van der Waals surface area contributed by atoms with Gasteiger partial charge in [-0.1, -0.05) is 18.2 Å². The topological polar surface area (TPSA) is 49.3 Å². The van der Waals surface area contributed by atoms with Crippen LogP contribution in [0.3, 0.4) is 0 Å². The largest absolute Gasteiger partial charge is 0.341 e. The number of aromatic nitrogens is 2. The average Bonchev–Trinajstić information content (AvgIpc) is 3.20. The van der Waals surface area contributed by atoms with Gasteiger partial charge in [0.2, 0.25) is 5.95 Å². The minimum absolute atomic E-state index is 0.00909. The van der Waals surface area contributed by atoms with E-state index < -0.39 is 0 Å². The number of hydrogen-bond donors (Lipinski definition) is 0. The first-order valence-corrected chi connectivity index (χ1v) is 7.90. The van der Waals surface area contributed by atoms with Crippen LogP contribution in [0.5, 0.6) is 0 Å². The molecule has 1 aromatic carbocycles. The fourth-order valence-corrected chi connectivity index (χ4v) is 3.19. The maximum atomic E-state index is 12.5. The van der Waals surface area contributed by atoms with Gasteiger partial charge in [0.05, 0.1) is 5.69 Å². The lowest BCUT2D eigenvalue weighted by Gasteiger charge is -2.14. The van der Waals surface area contributed by atoms with E-state index in [1.165, 1.54) is 12.8 Å². The van der Waals surface area contributed by atoms with Crippen molar-refractivity contribution in [2.75, 3.05) is 29.9 Å². The van der Waals surface area contributed by atoms with E-state index in [0.29, 0.717) is 5.57 Å². The molecule has 3 heterocycles. The Morgan fingerprint density at radius 2 is 1.78 bits per heavy atom. The fourth-order valence-electron chi connectivity index (χ4n) is 3.19. The molecule has 5 heteroatoms. The molecule has 5 nitrogen and oxygen atoms in total. The van der Waals surface area contributed by atoms with E-state index in [2.05, 4.69) is 14.9 Å². The van der Waals surface area contributed by atoms with Crippen molar-refractivity contribution in [2.24, 2.45) is 0 Å². The number of fused-ring (bicyclic) bond motifs is 1. The average molecular weight is 306 g/mol. The number of rotatable bonds is 2. The van der Waals surface area contributed by atoms with Crippen LogP contribution in [0.15, 0.2) is 36.7 Å². The van der Waals surface area contributed by atoms with E-state index in [9.17, 15) is 4.79 Å². The highest BCUT2D eigenvalue weighted by molar-refractivity contribution is 6.35. The van der Waals surface area contributed by atoms with E-state index in [-0.39, 0.29) is 5.91 Å². The monoisotopic (exact) mass is 306 g/mol. The first-order valence-electron chi connectivity index (χ1n) is 7.90. The molecule has 0 unspecified atom stereocenters. The third kappa shape index (κ3) is 2.38. The van der Waals surface area contributed by atoms with Gasteiger partial charge in [0.1, 0.15) is 0 Å². The summed E-state index contributed by atoms with van der Waals surface area (Å²) in [4.78, 5) is 25.2. The number of anilines is 2. The lowest BCUT2D eigenvalue weighted by Crippen LogP contribution is -2.20. The molecule has 2 aromatic rings. The molecule has 0 aliphatic carbocycles. The maximum Gasteiger partial charge on any atom is 0.258 e. The second-order valence-corrected chi connectivity index (χ2v) is 5.95. The van der Waals surface area contributed by atoms with Crippen molar-refractivity contribution >= 4 is 29.2 Å². The number of hydrogen-bond acceptors (Lipinski definition) is 4. The quantitative estimate of drug-likeness (QED) is 0.800. The van der Waals surface area contributed by atoms with Crippen LogP contribution in [0.1, 0.15) is 24.0 Å². The van der Waals surface area contributed by atoms with Gasteiger partial charge in [-0.2, -0.15) is 0 Å². The normalized spacial score (nSPS) is 18.8. The first-order chi connectivity index (χ1) is 11.2. The number of para-hydroxylation sites is 1. The summed E-state index contributed by atoms with van der Waals surface area (Å²) in [5.74, 6) is 0.787. The molecule has 0 bridgehead atoms. The third-order valence-electron chi connectivity index (χ3n) is 4.45. The molecule has 1 saturated heterocycles. The molecule has 0 saturated carbocycles. The SMILES string of the molecule is CN1C(=O)/C(=C\c2cnc(N3CCCC3)nc2)c2ccccc21. The number of likely N-dealkylation sites (N-methyl/N-ethyl adjacent to an activating group) is 1. The summed E-state index contributed by atoms with van der Waals surface area (Å²) in [5, 5.41) is 0. The highest BCUT2D eigenvalue weighted by Gasteiger charge is 2.29. The van der Waals surface area contributed by atoms with Crippen LogP contribution >= 0.6 is 0 Å². The van der Waals surface area contributed by atoms with Crippen LogP contribution in [0.2, 0.25) is 0 Å².